The Morgan fingerprint density at radius 3 is 2.73 bits per heavy atom. The van der Waals surface area contributed by atoms with Crippen LogP contribution in [0.5, 0.6) is 0 Å². The number of hydrogen-bond donors (Lipinski definition) is 1. The summed E-state index contributed by atoms with van der Waals surface area (Å²) in [5.74, 6) is 0.572. The predicted molar refractivity (Wildman–Crippen MR) is 63.8 cm³/mol. The molecule has 0 aromatic rings. The van der Waals surface area contributed by atoms with Gasteiger partial charge in [-0.2, -0.15) is 0 Å². The Balaban J connectivity index is 2.31. The highest BCUT2D eigenvalue weighted by atomic mass is 16.5. The normalized spacial score (nSPS) is 22.3. The molecule has 0 aromatic heterocycles. The van der Waals surface area contributed by atoms with Crippen molar-refractivity contribution >= 4 is 0 Å². The lowest BCUT2D eigenvalue weighted by atomic mass is 10.0. The molecule has 2 atom stereocenters. The molecule has 0 spiro atoms. The number of hydrogen-bond acceptors (Lipinski definition) is 3. The number of methoxy groups -OCH3 is 1. The highest BCUT2D eigenvalue weighted by Gasteiger charge is 2.15. The van der Waals surface area contributed by atoms with Crippen molar-refractivity contribution < 1.29 is 4.74 Å². The second kappa shape index (κ2) is 6.26. The molecule has 88 valence electrons. The Morgan fingerprint density at radius 1 is 1.53 bits per heavy atom. The topological polar surface area (TPSA) is 38.5 Å². The zero-order chi connectivity index (χ0) is 11.3. The Labute approximate surface area is 93.3 Å². The first-order valence-electron chi connectivity index (χ1n) is 5.78. The maximum atomic E-state index is 5.87. The van der Waals surface area contributed by atoms with Gasteiger partial charge >= 0.3 is 0 Å². The van der Waals surface area contributed by atoms with Crippen LogP contribution in [0.15, 0.2) is 11.6 Å². The molecular weight excluding hydrogens is 188 g/mol. The van der Waals surface area contributed by atoms with Crippen LogP contribution in [-0.2, 0) is 4.74 Å². The van der Waals surface area contributed by atoms with E-state index in [1.165, 1.54) is 5.57 Å². The van der Waals surface area contributed by atoms with Crippen molar-refractivity contribution in [3.8, 4) is 0 Å². The van der Waals surface area contributed by atoms with E-state index >= 15 is 0 Å². The van der Waals surface area contributed by atoms with Crippen LogP contribution in [-0.4, -0.2) is 44.3 Å². The summed E-state index contributed by atoms with van der Waals surface area (Å²) in [6.07, 6.45) is 3.43. The number of nitrogens with two attached hydrogens (primary N) is 1. The number of nitrogens with zero attached hydrogens (tertiary/aromatic N) is 1. The molecule has 0 aliphatic carbocycles. The van der Waals surface area contributed by atoms with Gasteiger partial charge in [-0.3, -0.25) is 4.90 Å². The average Bonchev–Trinajstić information content (AvgIpc) is 2.21. The molecule has 0 amide bonds. The van der Waals surface area contributed by atoms with Gasteiger partial charge in [0.1, 0.15) is 0 Å². The van der Waals surface area contributed by atoms with Gasteiger partial charge in [-0.15, -0.1) is 0 Å². The van der Waals surface area contributed by atoms with Gasteiger partial charge in [0.05, 0.1) is 6.61 Å². The van der Waals surface area contributed by atoms with Crippen LogP contribution in [0, 0.1) is 5.92 Å². The van der Waals surface area contributed by atoms with E-state index < -0.39 is 0 Å². The monoisotopic (exact) mass is 212 g/mol. The van der Waals surface area contributed by atoms with Crippen molar-refractivity contribution in [3.63, 3.8) is 0 Å². The average molecular weight is 212 g/mol. The number of ether oxygens (including phenoxy) is 1. The van der Waals surface area contributed by atoms with E-state index in [4.69, 9.17) is 10.5 Å². The Bertz CT molecular complexity index is 214. The van der Waals surface area contributed by atoms with Gasteiger partial charge in [-0.05, 0) is 24.8 Å². The zero-order valence-electron chi connectivity index (χ0n) is 10.2. The maximum absolute atomic E-state index is 5.87. The third-order valence-corrected chi connectivity index (χ3v) is 3.16. The minimum atomic E-state index is 0.286. The first kappa shape index (κ1) is 12.7. The van der Waals surface area contributed by atoms with E-state index in [2.05, 4.69) is 24.8 Å². The van der Waals surface area contributed by atoms with E-state index in [0.717, 1.165) is 32.7 Å². The van der Waals surface area contributed by atoms with Gasteiger partial charge in [0.2, 0.25) is 0 Å². The Hall–Kier alpha value is -0.380. The van der Waals surface area contributed by atoms with Gasteiger partial charge < -0.3 is 10.5 Å². The van der Waals surface area contributed by atoms with Gasteiger partial charge in [0.15, 0.2) is 0 Å². The summed E-state index contributed by atoms with van der Waals surface area (Å²) in [6.45, 7) is 8.40. The van der Waals surface area contributed by atoms with Crippen LogP contribution in [0.25, 0.3) is 0 Å². The second-order valence-electron chi connectivity index (χ2n) is 4.64. The first-order chi connectivity index (χ1) is 7.13. The summed E-state index contributed by atoms with van der Waals surface area (Å²) in [7, 11) is 1.76. The fourth-order valence-electron chi connectivity index (χ4n) is 1.81. The summed E-state index contributed by atoms with van der Waals surface area (Å²) in [4.78, 5) is 2.47. The summed E-state index contributed by atoms with van der Waals surface area (Å²) in [5, 5.41) is 0. The van der Waals surface area contributed by atoms with Crippen LogP contribution in [0.4, 0.5) is 0 Å². The Kier molecular flexibility index (Phi) is 5.29. The molecule has 15 heavy (non-hydrogen) atoms. The molecule has 0 bridgehead atoms. The fraction of sp³-hybridized carbons (Fsp3) is 0.833. The van der Waals surface area contributed by atoms with E-state index in [9.17, 15) is 0 Å². The zero-order valence-corrected chi connectivity index (χ0v) is 10.2. The molecular formula is C12H24N2O. The lowest BCUT2D eigenvalue weighted by Crippen LogP contribution is -2.38. The molecule has 0 saturated carbocycles. The lowest BCUT2D eigenvalue weighted by Gasteiger charge is -2.29. The largest absolute Gasteiger partial charge is 0.380 e. The number of rotatable bonds is 5. The van der Waals surface area contributed by atoms with Crippen molar-refractivity contribution in [2.24, 2.45) is 11.7 Å². The molecule has 1 aliphatic rings. The van der Waals surface area contributed by atoms with Crippen LogP contribution in [0.1, 0.15) is 20.3 Å². The van der Waals surface area contributed by atoms with Crippen LogP contribution in [0.3, 0.4) is 0 Å². The smallest absolute Gasteiger partial charge is 0.0673 e. The minimum Gasteiger partial charge on any atom is -0.380 e. The minimum absolute atomic E-state index is 0.286. The molecule has 0 saturated heterocycles. The van der Waals surface area contributed by atoms with Gasteiger partial charge in [0.25, 0.3) is 0 Å². The quantitative estimate of drug-likeness (QED) is 0.697. The molecule has 3 heteroatoms. The van der Waals surface area contributed by atoms with Crippen LogP contribution < -0.4 is 5.73 Å². The molecule has 1 aliphatic heterocycles. The Morgan fingerprint density at radius 2 is 2.27 bits per heavy atom. The SMILES string of the molecule is COCC1=CCN(CC(C)C(C)N)CC1. The highest BCUT2D eigenvalue weighted by molar-refractivity contribution is 5.07. The standard InChI is InChI=1S/C12H24N2O/c1-10(11(2)13)8-14-6-4-12(5-7-14)9-15-3/h4,10-11H,5-9,13H2,1-3H3. The molecule has 0 fully saturated rings. The van der Waals surface area contributed by atoms with Crippen molar-refractivity contribution in [2.75, 3.05) is 33.4 Å². The van der Waals surface area contributed by atoms with Gasteiger partial charge in [-0.1, -0.05) is 13.0 Å². The summed E-state index contributed by atoms with van der Waals surface area (Å²) >= 11 is 0. The second-order valence-corrected chi connectivity index (χ2v) is 4.64. The van der Waals surface area contributed by atoms with Crippen molar-refractivity contribution in [2.45, 2.75) is 26.3 Å². The van der Waals surface area contributed by atoms with Crippen molar-refractivity contribution in [1.82, 2.24) is 4.90 Å². The predicted octanol–water partition coefficient (Wildman–Crippen LogP) is 1.25. The third-order valence-electron chi connectivity index (χ3n) is 3.16. The van der Waals surface area contributed by atoms with Crippen LogP contribution >= 0.6 is 0 Å². The summed E-state index contributed by atoms with van der Waals surface area (Å²) in [6, 6.07) is 0.286. The van der Waals surface area contributed by atoms with E-state index in [1.807, 2.05) is 0 Å². The molecule has 1 rings (SSSR count). The first-order valence-corrected chi connectivity index (χ1v) is 5.78. The van der Waals surface area contributed by atoms with Gasteiger partial charge in [0, 0.05) is 32.8 Å². The molecule has 2 unspecified atom stereocenters. The lowest BCUT2D eigenvalue weighted by molar-refractivity contribution is 0.202. The summed E-state index contributed by atoms with van der Waals surface area (Å²) < 4.78 is 5.13. The maximum Gasteiger partial charge on any atom is 0.0673 e. The third kappa shape index (κ3) is 4.33. The van der Waals surface area contributed by atoms with Crippen molar-refractivity contribution in [3.05, 3.63) is 11.6 Å². The molecule has 2 N–H and O–H groups in total. The molecule has 0 aromatic carbocycles. The highest BCUT2D eigenvalue weighted by Crippen LogP contribution is 2.13. The fourth-order valence-corrected chi connectivity index (χ4v) is 1.81. The van der Waals surface area contributed by atoms with E-state index in [0.29, 0.717) is 5.92 Å². The molecule has 0 radical (unpaired) electrons. The van der Waals surface area contributed by atoms with Crippen molar-refractivity contribution in [1.29, 1.82) is 0 Å². The van der Waals surface area contributed by atoms with E-state index in [1.54, 1.807) is 7.11 Å². The molecule has 1 heterocycles. The van der Waals surface area contributed by atoms with E-state index in [-0.39, 0.29) is 6.04 Å². The molecule has 3 nitrogen and oxygen atoms in total. The van der Waals surface area contributed by atoms with Gasteiger partial charge in [-0.25, -0.2) is 0 Å². The van der Waals surface area contributed by atoms with Crippen LogP contribution in [0.2, 0.25) is 0 Å². The summed E-state index contributed by atoms with van der Waals surface area (Å²) in [5.41, 5.74) is 7.30.